The normalized spacial score (nSPS) is 15.8. The molecule has 0 aliphatic heterocycles. The molecule has 2 heterocycles. The molecule has 5 nitrogen and oxygen atoms in total. The number of nitrogens with zero attached hydrogens (tertiary/aromatic N) is 4. The molecule has 0 radical (unpaired) electrons. The van der Waals surface area contributed by atoms with Crippen molar-refractivity contribution in [1.82, 2.24) is 19.7 Å². The quantitative estimate of drug-likeness (QED) is 0.915. The zero-order chi connectivity index (χ0) is 13.1. The fourth-order valence-electron chi connectivity index (χ4n) is 2.55. The summed E-state index contributed by atoms with van der Waals surface area (Å²) in [5.41, 5.74) is 2.01. The second kappa shape index (κ2) is 5.38. The fraction of sp³-hybridized carbons (Fsp3) is 0.500. The van der Waals surface area contributed by atoms with E-state index < -0.39 is 0 Å². The van der Waals surface area contributed by atoms with Crippen LogP contribution in [0.4, 0.5) is 5.95 Å². The maximum Gasteiger partial charge on any atom is 0.223 e. The van der Waals surface area contributed by atoms with Crippen molar-refractivity contribution in [3.63, 3.8) is 0 Å². The molecule has 0 unspecified atom stereocenters. The highest BCUT2D eigenvalue weighted by molar-refractivity contribution is 5.25. The lowest BCUT2D eigenvalue weighted by Gasteiger charge is -2.09. The average molecular weight is 257 g/mol. The van der Waals surface area contributed by atoms with Crippen molar-refractivity contribution in [3.05, 3.63) is 35.9 Å². The summed E-state index contributed by atoms with van der Waals surface area (Å²) in [4.78, 5) is 8.50. The van der Waals surface area contributed by atoms with Gasteiger partial charge in [-0.2, -0.15) is 5.10 Å². The van der Waals surface area contributed by atoms with Crippen LogP contribution in [0.15, 0.2) is 24.5 Å². The highest BCUT2D eigenvalue weighted by Gasteiger charge is 2.17. The predicted octanol–water partition coefficient (Wildman–Crippen LogP) is 2.71. The second-order valence-corrected chi connectivity index (χ2v) is 5.10. The van der Waals surface area contributed by atoms with Gasteiger partial charge in [0.1, 0.15) is 0 Å². The summed E-state index contributed by atoms with van der Waals surface area (Å²) in [6, 6.07) is 4.56. The van der Waals surface area contributed by atoms with Crippen molar-refractivity contribution in [2.75, 3.05) is 5.32 Å². The van der Waals surface area contributed by atoms with Crippen LogP contribution >= 0.6 is 0 Å². The Bertz CT molecular complexity index is 542. The van der Waals surface area contributed by atoms with Gasteiger partial charge in [0.05, 0.1) is 18.3 Å². The van der Waals surface area contributed by atoms with Crippen molar-refractivity contribution >= 4 is 5.95 Å². The number of nitrogens with one attached hydrogen (secondary N) is 1. The molecule has 2 aromatic heterocycles. The van der Waals surface area contributed by atoms with E-state index in [1.165, 1.54) is 25.7 Å². The van der Waals surface area contributed by atoms with E-state index in [1.807, 2.05) is 13.0 Å². The minimum Gasteiger partial charge on any atom is -0.348 e. The van der Waals surface area contributed by atoms with Gasteiger partial charge >= 0.3 is 0 Å². The molecule has 0 bridgehead atoms. The smallest absolute Gasteiger partial charge is 0.223 e. The minimum atomic E-state index is 0.601. The number of hydrogen-bond acceptors (Lipinski definition) is 4. The molecule has 2 aromatic rings. The summed E-state index contributed by atoms with van der Waals surface area (Å²) in [5.74, 6) is 0.662. The van der Waals surface area contributed by atoms with Crippen LogP contribution in [0.3, 0.4) is 0 Å². The van der Waals surface area contributed by atoms with Crippen molar-refractivity contribution in [3.8, 4) is 0 Å². The third-order valence-corrected chi connectivity index (χ3v) is 3.58. The summed E-state index contributed by atoms with van der Waals surface area (Å²) in [6.45, 7) is 2.63. The fourth-order valence-corrected chi connectivity index (χ4v) is 2.55. The summed E-state index contributed by atoms with van der Waals surface area (Å²) < 4.78 is 2.11. The van der Waals surface area contributed by atoms with E-state index >= 15 is 0 Å². The van der Waals surface area contributed by atoms with E-state index in [2.05, 4.69) is 37.3 Å². The monoisotopic (exact) mass is 257 g/mol. The van der Waals surface area contributed by atoms with E-state index in [1.54, 1.807) is 6.20 Å². The first-order chi connectivity index (χ1) is 9.31. The summed E-state index contributed by atoms with van der Waals surface area (Å²) >= 11 is 0. The van der Waals surface area contributed by atoms with Gasteiger partial charge in [0.25, 0.3) is 0 Å². The lowest BCUT2D eigenvalue weighted by Crippen LogP contribution is -2.08. The Morgan fingerprint density at radius 1 is 1.32 bits per heavy atom. The largest absolute Gasteiger partial charge is 0.348 e. The maximum atomic E-state index is 4.63. The van der Waals surface area contributed by atoms with Crippen LogP contribution in [0.1, 0.15) is 43.1 Å². The molecule has 3 rings (SSSR count). The molecule has 100 valence electrons. The first kappa shape index (κ1) is 12.1. The third-order valence-electron chi connectivity index (χ3n) is 3.58. The van der Waals surface area contributed by atoms with E-state index in [-0.39, 0.29) is 0 Å². The van der Waals surface area contributed by atoms with Crippen LogP contribution in [0.25, 0.3) is 0 Å². The van der Waals surface area contributed by atoms with Crippen LogP contribution in [0, 0.1) is 6.92 Å². The summed E-state index contributed by atoms with van der Waals surface area (Å²) in [5, 5.41) is 7.84. The van der Waals surface area contributed by atoms with Gasteiger partial charge in [-0.25, -0.2) is 9.97 Å². The minimum absolute atomic E-state index is 0.601. The van der Waals surface area contributed by atoms with Gasteiger partial charge in [-0.15, -0.1) is 0 Å². The first-order valence-corrected chi connectivity index (χ1v) is 6.89. The highest BCUT2D eigenvalue weighted by Crippen LogP contribution is 2.28. The molecule has 0 spiro atoms. The molecule has 1 saturated carbocycles. The van der Waals surface area contributed by atoms with Gasteiger partial charge in [0.2, 0.25) is 5.95 Å². The van der Waals surface area contributed by atoms with Crippen LogP contribution in [-0.4, -0.2) is 19.7 Å². The molecule has 1 aliphatic rings. The SMILES string of the molecule is Cc1ccnc(NCc2ccn(C3CCCC3)n2)n1. The lowest BCUT2D eigenvalue weighted by atomic mass is 10.3. The molecule has 1 N–H and O–H groups in total. The van der Waals surface area contributed by atoms with Crippen molar-refractivity contribution < 1.29 is 0 Å². The Labute approximate surface area is 113 Å². The van der Waals surface area contributed by atoms with E-state index in [0.717, 1.165) is 11.4 Å². The Balaban J connectivity index is 1.61. The topological polar surface area (TPSA) is 55.6 Å². The van der Waals surface area contributed by atoms with Crippen molar-refractivity contribution in [2.45, 2.75) is 45.2 Å². The molecule has 0 aromatic carbocycles. The molecule has 0 saturated heterocycles. The summed E-state index contributed by atoms with van der Waals surface area (Å²) in [6.07, 6.45) is 9.03. The van der Waals surface area contributed by atoms with Crippen LogP contribution in [0.5, 0.6) is 0 Å². The van der Waals surface area contributed by atoms with Crippen molar-refractivity contribution in [1.29, 1.82) is 0 Å². The zero-order valence-electron chi connectivity index (χ0n) is 11.2. The van der Waals surface area contributed by atoms with E-state index in [4.69, 9.17) is 0 Å². The Kier molecular flexibility index (Phi) is 3.44. The molecule has 0 amide bonds. The molecule has 5 heteroatoms. The molecule has 1 aliphatic carbocycles. The predicted molar refractivity (Wildman–Crippen MR) is 73.8 cm³/mol. The molecule has 0 atom stereocenters. The van der Waals surface area contributed by atoms with Crippen LogP contribution in [-0.2, 0) is 6.54 Å². The van der Waals surface area contributed by atoms with E-state index in [9.17, 15) is 0 Å². The number of rotatable bonds is 4. The number of aromatic nitrogens is 4. The zero-order valence-corrected chi connectivity index (χ0v) is 11.2. The van der Waals surface area contributed by atoms with Gasteiger partial charge in [0.15, 0.2) is 0 Å². The van der Waals surface area contributed by atoms with Gasteiger partial charge < -0.3 is 5.32 Å². The summed E-state index contributed by atoms with van der Waals surface area (Å²) in [7, 11) is 0. The van der Waals surface area contributed by atoms with E-state index in [0.29, 0.717) is 18.5 Å². The number of anilines is 1. The van der Waals surface area contributed by atoms with Gasteiger partial charge in [-0.1, -0.05) is 12.8 Å². The second-order valence-electron chi connectivity index (χ2n) is 5.10. The Morgan fingerprint density at radius 3 is 2.95 bits per heavy atom. The molecule has 1 fully saturated rings. The Morgan fingerprint density at radius 2 is 2.16 bits per heavy atom. The van der Waals surface area contributed by atoms with Crippen LogP contribution < -0.4 is 5.32 Å². The average Bonchev–Trinajstić information content (AvgIpc) is 3.07. The Hall–Kier alpha value is -1.91. The van der Waals surface area contributed by atoms with Gasteiger partial charge in [-0.3, -0.25) is 4.68 Å². The molecule has 19 heavy (non-hydrogen) atoms. The highest BCUT2D eigenvalue weighted by atomic mass is 15.3. The van der Waals surface area contributed by atoms with Gasteiger partial charge in [0, 0.05) is 18.1 Å². The molecular weight excluding hydrogens is 238 g/mol. The third kappa shape index (κ3) is 2.92. The number of hydrogen-bond donors (Lipinski definition) is 1. The van der Waals surface area contributed by atoms with Crippen molar-refractivity contribution in [2.24, 2.45) is 0 Å². The first-order valence-electron chi connectivity index (χ1n) is 6.89. The lowest BCUT2D eigenvalue weighted by molar-refractivity contribution is 0.463. The van der Waals surface area contributed by atoms with Gasteiger partial charge in [-0.05, 0) is 31.9 Å². The number of aryl methyl sites for hydroxylation is 1. The van der Waals surface area contributed by atoms with Crippen LogP contribution in [0.2, 0.25) is 0 Å². The molecular formula is C14H19N5. The maximum absolute atomic E-state index is 4.63. The standard InChI is InChI=1S/C14H19N5/c1-11-6-8-15-14(17-11)16-10-12-7-9-19(18-12)13-4-2-3-5-13/h6-9,13H,2-5,10H2,1H3,(H,15,16,17).